The van der Waals surface area contributed by atoms with E-state index in [1.54, 1.807) is 4.90 Å². The van der Waals surface area contributed by atoms with Gasteiger partial charge in [0.2, 0.25) is 0 Å². The van der Waals surface area contributed by atoms with Crippen molar-refractivity contribution in [3.05, 3.63) is 48.4 Å². The van der Waals surface area contributed by atoms with Crippen molar-refractivity contribution in [2.75, 3.05) is 36.8 Å². The van der Waals surface area contributed by atoms with Gasteiger partial charge in [-0.05, 0) is 12.1 Å². The molecule has 1 aromatic carbocycles. The van der Waals surface area contributed by atoms with Gasteiger partial charge in [-0.2, -0.15) is 0 Å². The number of hydrogen-bond acceptors (Lipinski definition) is 5. The lowest BCUT2D eigenvalue weighted by Crippen LogP contribution is -2.49. The highest BCUT2D eigenvalue weighted by molar-refractivity contribution is 5.92. The van der Waals surface area contributed by atoms with Gasteiger partial charge in [-0.1, -0.05) is 18.2 Å². The molecule has 0 radical (unpaired) electrons. The van der Waals surface area contributed by atoms with Crippen molar-refractivity contribution in [3.8, 4) is 0 Å². The normalized spacial score (nSPS) is 15.0. The highest BCUT2D eigenvalue weighted by atomic mass is 16.2. The first-order valence-electron chi connectivity index (χ1n) is 6.91. The van der Waals surface area contributed by atoms with Crippen LogP contribution in [0.2, 0.25) is 0 Å². The van der Waals surface area contributed by atoms with Crippen molar-refractivity contribution < 1.29 is 4.79 Å². The molecule has 6 nitrogen and oxygen atoms in total. The zero-order valence-electron chi connectivity index (χ0n) is 11.6. The van der Waals surface area contributed by atoms with E-state index in [0.29, 0.717) is 18.8 Å². The first-order valence-corrected chi connectivity index (χ1v) is 6.91. The number of nitrogens with two attached hydrogens (primary N) is 1. The molecule has 0 spiro atoms. The largest absolute Gasteiger partial charge is 0.382 e. The molecule has 0 aliphatic carbocycles. The molecule has 2 N–H and O–H groups in total. The fraction of sp³-hybridized carbons (Fsp3) is 0.267. The maximum atomic E-state index is 12.3. The number of piperazine rings is 1. The quantitative estimate of drug-likeness (QED) is 0.890. The number of aromatic nitrogens is 2. The summed E-state index contributed by atoms with van der Waals surface area (Å²) in [7, 11) is 0. The Hall–Kier alpha value is -2.63. The van der Waals surface area contributed by atoms with Crippen LogP contribution in [0.3, 0.4) is 0 Å². The van der Waals surface area contributed by atoms with Gasteiger partial charge in [-0.25, -0.2) is 4.98 Å². The average molecular weight is 283 g/mol. The van der Waals surface area contributed by atoms with Crippen LogP contribution in [0.5, 0.6) is 0 Å². The Bertz CT molecular complexity index is 623. The lowest BCUT2D eigenvalue weighted by Gasteiger charge is -2.35. The lowest BCUT2D eigenvalue weighted by atomic mass is 10.2. The Kier molecular flexibility index (Phi) is 3.68. The summed E-state index contributed by atoms with van der Waals surface area (Å²) in [5.41, 5.74) is 7.07. The molecule has 1 aromatic heterocycles. The number of amides is 1. The van der Waals surface area contributed by atoms with Gasteiger partial charge in [-0.3, -0.25) is 9.78 Å². The first-order chi connectivity index (χ1) is 10.2. The Morgan fingerprint density at radius 2 is 1.76 bits per heavy atom. The summed E-state index contributed by atoms with van der Waals surface area (Å²) >= 11 is 0. The molecule has 1 aliphatic rings. The predicted molar refractivity (Wildman–Crippen MR) is 81.0 cm³/mol. The topological polar surface area (TPSA) is 75.3 Å². The van der Waals surface area contributed by atoms with Crippen LogP contribution in [-0.4, -0.2) is 47.0 Å². The smallest absolute Gasteiger partial charge is 0.274 e. The summed E-state index contributed by atoms with van der Waals surface area (Å²) < 4.78 is 0. The number of nitrogens with zero attached hydrogens (tertiary/aromatic N) is 4. The van der Waals surface area contributed by atoms with Gasteiger partial charge in [0, 0.05) is 31.9 Å². The minimum absolute atomic E-state index is 0.109. The van der Waals surface area contributed by atoms with Crippen molar-refractivity contribution in [1.82, 2.24) is 14.9 Å². The van der Waals surface area contributed by atoms with Crippen molar-refractivity contribution >= 4 is 17.4 Å². The highest BCUT2D eigenvalue weighted by Crippen LogP contribution is 2.16. The van der Waals surface area contributed by atoms with Gasteiger partial charge in [0.05, 0.1) is 12.4 Å². The number of anilines is 2. The Balaban J connectivity index is 1.64. The van der Waals surface area contributed by atoms with E-state index in [-0.39, 0.29) is 11.7 Å². The molecule has 2 aromatic rings. The Morgan fingerprint density at radius 1 is 1.05 bits per heavy atom. The van der Waals surface area contributed by atoms with Crippen LogP contribution < -0.4 is 10.6 Å². The van der Waals surface area contributed by atoms with Crippen LogP contribution in [0.1, 0.15) is 10.5 Å². The second-order valence-electron chi connectivity index (χ2n) is 4.94. The van der Waals surface area contributed by atoms with Gasteiger partial charge in [-0.15, -0.1) is 0 Å². The standard InChI is InChI=1S/C15H17N5O/c16-14-11-17-10-13(18-14)15(21)20-8-6-19(7-9-20)12-4-2-1-3-5-12/h1-5,10-11H,6-9H2,(H2,16,18). The van der Waals surface area contributed by atoms with Crippen LogP contribution in [0, 0.1) is 0 Å². The summed E-state index contributed by atoms with van der Waals surface area (Å²) in [5.74, 6) is 0.159. The van der Waals surface area contributed by atoms with Gasteiger partial charge >= 0.3 is 0 Å². The highest BCUT2D eigenvalue weighted by Gasteiger charge is 2.23. The molecule has 0 atom stereocenters. The van der Waals surface area contributed by atoms with Crippen LogP contribution in [0.4, 0.5) is 11.5 Å². The van der Waals surface area contributed by atoms with Crippen LogP contribution in [0.25, 0.3) is 0 Å². The molecule has 6 heteroatoms. The molecule has 3 rings (SSSR count). The number of hydrogen-bond donors (Lipinski definition) is 1. The second-order valence-corrected chi connectivity index (χ2v) is 4.94. The third kappa shape index (κ3) is 2.94. The number of rotatable bonds is 2. The van der Waals surface area contributed by atoms with Crippen molar-refractivity contribution in [2.24, 2.45) is 0 Å². The minimum atomic E-state index is -0.109. The fourth-order valence-electron chi connectivity index (χ4n) is 2.45. The summed E-state index contributed by atoms with van der Waals surface area (Å²) in [6, 6.07) is 10.2. The zero-order valence-corrected chi connectivity index (χ0v) is 11.6. The van der Waals surface area contributed by atoms with Crippen LogP contribution in [0.15, 0.2) is 42.7 Å². The molecule has 1 fully saturated rings. The number of benzene rings is 1. The first kappa shape index (κ1) is 13.4. The maximum absolute atomic E-state index is 12.3. The molecule has 21 heavy (non-hydrogen) atoms. The molecule has 1 amide bonds. The van der Waals surface area contributed by atoms with Gasteiger partial charge in [0.25, 0.3) is 5.91 Å². The Morgan fingerprint density at radius 3 is 2.43 bits per heavy atom. The van der Waals surface area contributed by atoms with Crippen molar-refractivity contribution in [1.29, 1.82) is 0 Å². The molecule has 0 saturated carbocycles. The molecular weight excluding hydrogens is 266 g/mol. The lowest BCUT2D eigenvalue weighted by molar-refractivity contribution is 0.0740. The van der Waals surface area contributed by atoms with E-state index in [1.165, 1.54) is 18.1 Å². The van der Waals surface area contributed by atoms with E-state index in [2.05, 4.69) is 27.0 Å². The number of carbonyl (C=O) groups excluding carboxylic acids is 1. The van der Waals surface area contributed by atoms with E-state index in [9.17, 15) is 4.79 Å². The average Bonchev–Trinajstić information content (AvgIpc) is 2.55. The summed E-state index contributed by atoms with van der Waals surface area (Å²) in [6.07, 6.45) is 2.90. The molecular formula is C15H17N5O. The zero-order chi connectivity index (χ0) is 14.7. The molecule has 1 saturated heterocycles. The SMILES string of the molecule is Nc1cncc(C(=O)N2CCN(c3ccccc3)CC2)n1. The molecule has 1 aliphatic heterocycles. The molecule has 108 valence electrons. The molecule has 0 unspecified atom stereocenters. The maximum Gasteiger partial charge on any atom is 0.274 e. The van der Waals surface area contributed by atoms with E-state index >= 15 is 0 Å². The fourth-order valence-corrected chi connectivity index (χ4v) is 2.45. The number of para-hydroxylation sites is 1. The number of carbonyl (C=O) groups is 1. The summed E-state index contributed by atoms with van der Waals surface area (Å²) in [4.78, 5) is 24.4. The van der Waals surface area contributed by atoms with E-state index in [1.807, 2.05) is 18.2 Å². The van der Waals surface area contributed by atoms with Crippen molar-refractivity contribution in [3.63, 3.8) is 0 Å². The van der Waals surface area contributed by atoms with Crippen molar-refractivity contribution in [2.45, 2.75) is 0 Å². The monoisotopic (exact) mass is 283 g/mol. The number of nitrogen functional groups attached to an aromatic ring is 1. The van der Waals surface area contributed by atoms with E-state index < -0.39 is 0 Å². The summed E-state index contributed by atoms with van der Waals surface area (Å²) in [5, 5.41) is 0. The second kappa shape index (κ2) is 5.78. The molecule has 0 bridgehead atoms. The molecule has 2 heterocycles. The minimum Gasteiger partial charge on any atom is -0.382 e. The third-order valence-corrected chi connectivity index (χ3v) is 3.56. The van der Waals surface area contributed by atoms with E-state index in [0.717, 1.165) is 13.1 Å². The van der Waals surface area contributed by atoms with Gasteiger partial charge < -0.3 is 15.5 Å². The van der Waals surface area contributed by atoms with E-state index in [4.69, 9.17) is 5.73 Å². The Labute approximate surface area is 123 Å². The van der Waals surface area contributed by atoms with Crippen LogP contribution >= 0.6 is 0 Å². The van der Waals surface area contributed by atoms with Gasteiger partial charge in [0.1, 0.15) is 11.5 Å². The third-order valence-electron chi connectivity index (χ3n) is 3.56. The van der Waals surface area contributed by atoms with Crippen LogP contribution in [-0.2, 0) is 0 Å². The van der Waals surface area contributed by atoms with Gasteiger partial charge in [0.15, 0.2) is 0 Å². The summed E-state index contributed by atoms with van der Waals surface area (Å²) in [6.45, 7) is 2.96. The predicted octanol–water partition coefficient (Wildman–Crippen LogP) is 1.02.